The van der Waals surface area contributed by atoms with Crippen molar-refractivity contribution >= 4 is 29.5 Å². The maximum absolute atomic E-state index is 10.7. The number of rotatable bonds is 9. The van der Waals surface area contributed by atoms with Gasteiger partial charge in [0.15, 0.2) is 6.10 Å². The van der Waals surface area contributed by atoms with E-state index >= 15 is 0 Å². The Kier molecular flexibility index (Phi) is 21.1. The third kappa shape index (κ3) is 41.3. The molecule has 0 aliphatic carbocycles. The molecule has 2 unspecified atom stereocenters. The lowest BCUT2D eigenvalue weighted by Gasteiger charge is -2.28. The molecule has 30 heavy (non-hydrogen) atoms. The van der Waals surface area contributed by atoms with Crippen LogP contribution in [-0.4, -0.2) is 115 Å². The molecule has 3 N–H and O–H groups in total. The van der Waals surface area contributed by atoms with E-state index in [1.54, 1.807) is 0 Å². The Morgan fingerprint density at radius 1 is 0.967 bits per heavy atom. The minimum absolute atomic E-state index is 0. The first-order valence-electron chi connectivity index (χ1n) is 8.95. The molecule has 0 saturated carbocycles. The maximum atomic E-state index is 10.7. The van der Waals surface area contributed by atoms with Crippen LogP contribution in [0.5, 0.6) is 0 Å². The number of aliphatic hydroxyl groups excluding tert-OH is 2. The number of quaternary nitrogens is 2. The molecule has 10 nitrogen and oxygen atoms in total. The number of esters is 1. The molecule has 0 spiro atoms. The largest absolute Gasteiger partial charge is 1.00 e. The lowest BCUT2D eigenvalue weighted by Crippen LogP contribution is -3.00. The normalized spacial score (nSPS) is 13.7. The van der Waals surface area contributed by atoms with Crippen LogP contribution in [0.1, 0.15) is 26.7 Å². The molecule has 0 aliphatic rings. The summed E-state index contributed by atoms with van der Waals surface area (Å²) in [6, 6.07) is 0. The Morgan fingerprint density at radius 2 is 1.33 bits per heavy atom. The van der Waals surface area contributed by atoms with E-state index in [-0.39, 0.29) is 25.2 Å². The van der Waals surface area contributed by atoms with E-state index in [1.807, 2.05) is 42.3 Å². The molecule has 0 radical (unpaired) electrons. The number of aliphatic hydroxyl groups is 2. The van der Waals surface area contributed by atoms with E-state index in [0.717, 1.165) is 0 Å². The van der Waals surface area contributed by atoms with Gasteiger partial charge in [0.25, 0.3) is 0 Å². The summed E-state index contributed by atoms with van der Waals surface area (Å²) in [5.74, 6) is -2.60. The number of likely N-dealkylation sites (N-methyl/N-ethyl adjacent to an activating group) is 2. The Balaban J connectivity index is -0.000000189. The van der Waals surface area contributed by atoms with Crippen LogP contribution in [-0.2, 0) is 19.1 Å². The van der Waals surface area contributed by atoms with Crippen molar-refractivity contribution in [2.24, 2.45) is 0 Å². The summed E-state index contributed by atoms with van der Waals surface area (Å²) in [5.41, 5.74) is -0.694. The number of carbonyl (C=O) groups is 3. The SMILES string of the molecule is CC(=O)O[C@@H](CC(=O)O)C[N+](C)(C)C.CC(O)Cl.C[N+](C)(C)CC(O)CC(=O)[O-].[Cl-]. The fraction of sp³-hybridized carbons (Fsp3) is 0.833. The Hall–Kier alpha value is -1.17. The number of hydrogen-bond acceptors (Lipinski definition) is 7. The molecule has 12 heteroatoms. The van der Waals surface area contributed by atoms with Crippen molar-refractivity contribution < 1.29 is 60.9 Å². The first kappa shape index (κ1) is 36.2. The predicted octanol–water partition coefficient (Wildman–Crippen LogP) is -4.14. The van der Waals surface area contributed by atoms with E-state index in [0.29, 0.717) is 22.1 Å². The van der Waals surface area contributed by atoms with Gasteiger partial charge in [-0.1, -0.05) is 11.6 Å². The Labute approximate surface area is 190 Å². The van der Waals surface area contributed by atoms with E-state index < -0.39 is 35.7 Å². The number of carboxylic acid groups (broad SMARTS) is 2. The topological polar surface area (TPSA) is 144 Å². The smallest absolute Gasteiger partial charge is 0.307 e. The summed E-state index contributed by atoms with van der Waals surface area (Å²) in [6.07, 6.45) is -1.78. The highest BCUT2D eigenvalue weighted by molar-refractivity contribution is 6.19. The summed E-state index contributed by atoms with van der Waals surface area (Å²) >= 11 is 4.83. The molecule has 0 rings (SSSR count). The molecule has 182 valence electrons. The summed E-state index contributed by atoms with van der Waals surface area (Å²) in [4.78, 5) is 31.2. The fourth-order valence-corrected chi connectivity index (χ4v) is 2.07. The average molecular weight is 481 g/mol. The van der Waals surface area contributed by atoms with Crippen LogP contribution in [0.3, 0.4) is 0 Å². The first-order valence-corrected chi connectivity index (χ1v) is 9.38. The number of halogens is 2. The zero-order valence-corrected chi connectivity index (χ0v) is 20.6. The minimum Gasteiger partial charge on any atom is -1.00 e. The lowest BCUT2D eigenvalue weighted by molar-refractivity contribution is -0.873. The number of alkyl halides is 1. The number of hydrogen-bond donors (Lipinski definition) is 3. The highest BCUT2D eigenvalue weighted by Gasteiger charge is 2.23. The number of ether oxygens (including phenoxy) is 1. The molecular weight excluding hydrogens is 443 g/mol. The second kappa shape index (κ2) is 17.5. The molecule has 0 aromatic rings. The van der Waals surface area contributed by atoms with Crippen LogP contribution in [0.4, 0.5) is 0 Å². The Bertz CT molecular complexity index is 473. The van der Waals surface area contributed by atoms with Gasteiger partial charge < -0.3 is 51.3 Å². The number of aliphatic carboxylic acids is 2. The summed E-state index contributed by atoms with van der Waals surface area (Å²) < 4.78 is 6.01. The molecule has 3 atom stereocenters. The summed E-state index contributed by atoms with van der Waals surface area (Å²) in [7, 11) is 11.4. The molecule has 0 heterocycles. The molecule has 0 aliphatic heterocycles. The summed E-state index contributed by atoms with van der Waals surface area (Å²) in [6.45, 7) is 3.69. The minimum atomic E-state index is -1.20. The maximum Gasteiger partial charge on any atom is 0.307 e. The molecule has 0 aromatic carbocycles. The van der Waals surface area contributed by atoms with Gasteiger partial charge >= 0.3 is 11.9 Å². The van der Waals surface area contributed by atoms with Crippen molar-refractivity contribution in [1.82, 2.24) is 0 Å². The third-order valence-corrected chi connectivity index (χ3v) is 2.65. The molecule has 0 bridgehead atoms. The van der Waals surface area contributed by atoms with Gasteiger partial charge in [0, 0.05) is 19.3 Å². The number of carboxylic acids is 2. The van der Waals surface area contributed by atoms with Crippen molar-refractivity contribution in [1.29, 1.82) is 0 Å². The van der Waals surface area contributed by atoms with Gasteiger partial charge in [-0.3, -0.25) is 9.59 Å². The average Bonchev–Trinajstić information content (AvgIpc) is 2.30. The van der Waals surface area contributed by atoms with E-state index in [9.17, 15) is 19.5 Å². The second-order valence-electron chi connectivity index (χ2n) is 8.58. The molecular formula is C18H38Cl2N2O8. The number of carbonyl (C=O) groups excluding carboxylic acids is 2. The van der Waals surface area contributed by atoms with Crippen LogP contribution in [0.2, 0.25) is 0 Å². The predicted molar refractivity (Wildman–Crippen MR) is 107 cm³/mol. The van der Waals surface area contributed by atoms with Gasteiger partial charge in [-0.2, -0.15) is 0 Å². The van der Waals surface area contributed by atoms with Gasteiger partial charge in [-0.05, 0) is 6.92 Å². The van der Waals surface area contributed by atoms with E-state index in [4.69, 9.17) is 31.7 Å². The molecule has 0 saturated heterocycles. The molecule has 0 aromatic heterocycles. The van der Waals surface area contributed by atoms with Crippen molar-refractivity contribution in [3.63, 3.8) is 0 Å². The zero-order valence-electron chi connectivity index (χ0n) is 19.1. The van der Waals surface area contributed by atoms with Crippen LogP contribution in [0.15, 0.2) is 0 Å². The quantitative estimate of drug-likeness (QED) is 0.171. The van der Waals surface area contributed by atoms with E-state index in [1.165, 1.54) is 13.8 Å². The van der Waals surface area contributed by atoms with Gasteiger partial charge in [0.1, 0.15) is 24.8 Å². The van der Waals surface area contributed by atoms with Crippen LogP contribution >= 0.6 is 11.6 Å². The van der Waals surface area contributed by atoms with Gasteiger partial charge in [-0.15, -0.1) is 0 Å². The van der Waals surface area contributed by atoms with Crippen molar-refractivity contribution in [3.8, 4) is 0 Å². The third-order valence-electron chi connectivity index (χ3n) is 2.65. The monoisotopic (exact) mass is 480 g/mol. The lowest BCUT2D eigenvalue weighted by atomic mass is 10.2. The zero-order chi connectivity index (χ0) is 24.0. The molecule has 0 amide bonds. The molecule has 0 fully saturated rings. The standard InChI is InChI=1S/C9H17NO4.C7H15NO3.C2H5ClO.ClH/c1-7(11)14-8(5-9(12)13)6-10(2,3)4;1-8(2,3)5-6(9)4-7(10)11;1-2(3)4;/h8H,5-6H2,1-4H3;6,9H,4-5H2,1-3H3;2,4H,1H3;1H/t8-;;;/m0.../s1. The van der Waals surface area contributed by atoms with Crippen molar-refractivity contribution in [3.05, 3.63) is 0 Å². The van der Waals surface area contributed by atoms with E-state index in [2.05, 4.69) is 0 Å². The van der Waals surface area contributed by atoms with Crippen LogP contribution in [0, 0.1) is 0 Å². The van der Waals surface area contributed by atoms with Gasteiger partial charge in [0.05, 0.1) is 48.7 Å². The summed E-state index contributed by atoms with van der Waals surface area (Å²) in [5, 5.41) is 35.6. The first-order chi connectivity index (χ1) is 12.7. The van der Waals surface area contributed by atoms with Gasteiger partial charge in [0.2, 0.25) is 0 Å². The fourth-order valence-electron chi connectivity index (χ4n) is 2.07. The van der Waals surface area contributed by atoms with Crippen LogP contribution in [0.25, 0.3) is 0 Å². The van der Waals surface area contributed by atoms with Crippen LogP contribution < -0.4 is 17.5 Å². The van der Waals surface area contributed by atoms with Crippen molar-refractivity contribution in [2.45, 2.75) is 44.5 Å². The number of nitrogens with zero attached hydrogens (tertiary/aromatic N) is 2. The highest BCUT2D eigenvalue weighted by Crippen LogP contribution is 2.05. The highest BCUT2D eigenvalue weighted by atomic mass is 35.5. The Morgan fingerprint density at radius 3 is 1.57 bits per heavy atom. The van der Waals surface area contributed by atoms with Crippen molar-refractivity contribution in [2.75, 3.05) is 55.4 Å². The van der Waals surface area contributed by atoms with Gasteiger partial charge in [-0.25, -0.2) is 0 Å². The second-order valence-corrected chi connectivity index (χ2v) is 9.21.